The molecule has 1 saturated heterocycles. The standard InChI is InChI=1S/C53H44F12NO4.BrH/c54-50(55,56)36-14-6-32(7-15-36)48(67,33-8-16-37(17-9-33)51(57,58)59)42-22-24-44-46-40(42)30-66(26-2-1-3-27-66)31-41-43(23-25-45(47(41)46)70-29-5-4-28-69-44)49(68,34-10-18-38(19-11-34)52(60,61)62)35-12-20-39(21-13-35)53(63,64)65;/h6-25,67-68H,1-5,26-31H2;1H/q+1;/p-1. The minimum absolute atomic E-state index is 0. The van der Waals surface area contributed by atoms with Gasteiger partial charge in [0, 0.05) is 33.4 Å². The number of aliphatic hydroxyl groups is 2. The van der Waals surface area contributed by atoms with Gasteiger partial charge in [0.1, 0.15) is 35.8 Å². The van der Waals surface area contributed by atoms with Gasteiger partial charge in [-0.2, -0.15) is 52.7 Å². The van der Waals surface area contributed by atoms with Crippen LogP contribution in [-0.4, -0.2) is 41.0 Å². The second-order valence-corrected chi connectivity index (χ2v) is 18.2. The van der Waals surface area contributed by atoms with Crippen LogP contribution in [0.5, 0.6) is 11.5 Å². The molecule has 5 nitrogen and oxygen atoms in total. The number of halogens is 13. The van der Waals surface area contributed by atoms with Crippen molar-refractivity contribution >= 4 is 0 Å². The highest BCUT2D eigenvalue weighted by Crippen LogP contribution is 2.55. The van der Waals surface area contributed by atoms with E-state index in [0.29, 0.717) is 61.0 Å². The number of quaternary nitrogens is 1. The minimum Gasteiger partial charge on any atom is -1.00 e. The molecule has 71 heavy (non-hydrogen) atoms. The summed E-state index contributed by atoms with van der Waals surface area (Å²) in [6, 6.07) is 20.8. The maximum absolute atomic E-state index is 14.0. The summed E-state index contributed by atoms with van der Waals surface area (Å²) in [5.41, 5.74) is -7.97. The number of hydrogen-bond donors (Lipinski definition) is 2. The fourth-order valence-electron chi connectivity index (χ4n) is 10.4. The number of rotatable bonds is 6. The molecule has 3 aliphatic rings. The highest BCUT2D eigenvalue weighted by Gasteiger charge is 2.48. The van der Waals surface area contributed by atoms with E-state index in [1.54, 1.807) is 12.1 Å². The Hall–Kier alpha value is -5.56. The maximum Gasteiger partial charge on any atom is 0.416 e. The van der Waals surface area contributed by atoms with Gasteiger partial charge in [-0.1, -0.05) is 60.7 Å². The topological polar surface area (TPSA) is 58.9 Å². The van der Waals surface area contributed by atoms with Crippen molar-refractivity contribution in [2.45, 2.75) is 81.1 Å². The van der Waals surface area contributed by atoms with Crippen LogP contribution in [0.25, 0.3) is 11.1 Å². The number of benzene rings is 6. The molecule has 0 aromatic heterocycles. The van der Waals surface area contributed by atoms with Crippen molar-refractivity contribution < 1.29 is 93.8 Å². The highest BCUT2D eigenvalue weighted by molar-refractivity contribution is 5.85. The van der Waals surface area contributed by atoms with Gasteiger partial charge in [-0.05, 0) is 115 Å². The van der Waals surface area contributed by atoms with Crippen LogP contribution in [0.2, 0.25) is 0 Å². The average molecular weight is 1070 g/mol. The Kier molecular flexibility index (Phi) is 13.7. The van der Waals surface area contributed by atoms with E-state index >= 15 is 0 Å². The summed E-state index contributed by atoms with van der Waals surface area (Å²) >= 11 is 0. The lowest BCUT2D eigenvalue weighted by Crippen LogP contribution is -3.00. The van der Waals surface area contributed by atoms with Crippen LogP contribution in [0.15, 0.2) is 121 Å². The van der Waals surface area contributed by atoms with E-state index in [-0.39, 0.29) is 92.6 Å². The summed E-state index contributed by atoms with van der Waals surface area (Å²) in [5.74, 6) is 0.492. The van der Waals surface area contributed by atoms with Crippen LogP contribution in [0.1, 0.15) is 98.9 Å². The molecule has 0 unspecified atom stereocenters. The van der Waals surface area contributed by atoms with E-state index in [2.05, 4.69) is 0 Å². The molecule has 6 aromatic carbocycles. The van der Waals surface area contributed by atoms with Gasteiger partial charge in [0.05, 0.1) is 48.6 Å². The summed E-state index contributed by atoms with van der Waals surface area (Å²) in [7, 11) is 0. The number of ether oxygens (including phenoxy) is 2. The van der Waals surface area contributed by atoms with E-state index in [4.69, 9.17) is 9.47 Å². The molecule has 3 aliphatic heterocycles. The monoisotopic (exact) mass is 1070 g/mol. The zero-order chi connectivity index (χ0) is 50.1. The summed E-state index contributed by atoms with van der Waals surface area (Å²) in [6.07, 6.45) is -15.9. The molecular formula is C53H44BrF12NO4. The predicted molar refractivity (Wildman–Crippen MR) is 233 cm³/mol. The minimum atomic E-state index is -4.78. The fraction of sp³-hybridized carbons (Fsp3) is 0.321. The van der Waals surface area contributed by atoms with E-state index in [1.165, 1.54) is 12.1 Å². The Morgan fingerprint density at radius 2 is 0.620 bits per heavy atom. The normalized spacial score (nSPS) is 16.5. The van der Waals surface area contributed by atoms with Gasteiger partial charge in [-0.25, -0.2) is 0 Å². The third-order valence-corrected chi connectivity index (χ3v) is 13.9. The lowest BCUT2D eigenvalue weighted by molar-refractivity contribution is -0.957. The molecule has 1 fully saturated rings. The van der Waals surface area contributed by atoms with Crippen LogP contribution < -0.4 is 26.5 Å². The summed E-state index contributed by atoms with van der Waals surface area (Å²) in [5, 5.41) is 27.0. The number of alkyl halides is 12. The Balaban J connectivity index is 0.00000676. The third kappa shape index (κ3) is 9.64. The Morgan fingerprint density at radius 1 is 0.352 bits per heavy atom. The molecule has 3 heterocycles. The molecule has 0 amide bonds. The maximum atomic E-state index is 14.0. The van der Waals surface area contributed by atoms with Crippen LogP contribution in [-0.2, 0) is 49.0 Å². The summed E-state index contributed by atoms with van der Waals surface area (Å²) in [4.78, 5) is 0. The van der Waals surface area contributed by atoms with E-state index < -0.39 is 58.2 Å². The van der Waals surface area contributed by atoms with Gasteiger partial charge in [-0.3, -0.25) is 0 Å². The Labute approximate surface area is 410 Å². The lowest BCUT2D eigenvalue weighted by Gasteiger charge is -2.43. The van der Waals surface area contributed by atoms with Gasteiger partial charge in [0.15, 0.2) is 0 Å². The zero-order valence-electron chi connectivity index (χ0n) is 37.4. The first-order valence-corrected chi connectivity index (χ1v) is 22.5. The first-order chi connectivity index (χ1) is 32.9. The van der Waals surface area contributed by atoms with Crippen molar-refractivity contribution in [3.8, 4) is 22.6 Å². The average Bonchev–Trinajstić information content (AvgIpc) is 3.46. The van der Waals surface area contributed by atoms with Gasteiger partial charge < -0.3 is 41.2 Å². The molecule has 0 atom stereocenters. The number of nitrogens with zero attached hydrogens (tertiary/aromatic N) is 1. The Bertz CT molecular complexity index is 2570. The smallest absolute Gasteiger partial charge is 0.416 e. The molecule has 18 heteroatoms. The van der Waals surface area contributed by atoms with Crippen molar-refractivity contribution in [3.63, 3.8) is 0 Å². The number of hydrogen-bond acceptors (Lipinski definition) is 4. The molecule has 2 N–H and O–H groups in total. The first-order valence-electron chi connectivity index (χ1n) is 22.5. The van der Waals surface area contributed by atoms with Crippen molar-refractivity contribution in [3.05, 3.63) is 188 Å². The van der Waals surface area contributed by atoms with Gasteiger partial charge in [0.2, 0.25) is 0 Å². The van der Waals surface area contributed by atoms with Crippen LogP contribution in [0.3, 0.4) is 0 Å². The highest BCUT2D eigenvalue weighted by atomic mass is 79.9. The van der Waals surface area contributed by atoms with E-state index in [0.717, 1.165) is 103 Å². The number of piperidine rings is 1. The second-order valence-electron chi connectivity index (χ2n) is 18.2. The van der Waals surface area contributed by atoms with Crippen molar-refractivity contribution in [2.24, 2.45) is 0 Å². The van der Waals surface area contributed by atoms with Crippen molar-refractivity contribution in [2.75, 3.05) is 26.3 Å². The lowest BCUT2D eigenvalue weighted by atomic mass is 9.74. The summed E-state index contributed by atoms with van der Waals surface area (Å²) < 4.78 is 181. The van der Waals surface area contributed by atoms with Gasteiger partial charge >= 0.3 is 24.7 Å². The van der Waals surface area contributed by atoms with E-state index in [9.17, 15) is 62.9 Å². The second kappa shape index (κ2) is 18.8. The van der Waals surface area contributed by atoms with Crippen molar-refractivity contribution in [1.82, 2.24) is 0 Å². The molecule has 0 aliphatic carbocycles. The van der Waals surface area contributed by atoms with Crippen LogP contribution >= 0.6 is 0 Å². The Morgan fingerprint density at radius 3 is 0.887 bits per heavy atom. The zero-order valence-corrected chi connectivity index (χ0v) is 39.0. The largest absolute Gasteiger partial charge is 1.00 e. The molecule has 0 saturated carbocycles. The van der Waals surface area contributed by atoms with Crippen LogP contribution in [0.4, 0.5) is 52.7 Å². The molecule has 376 valence electrons. The van der Waals surface area contributed by atoms with E-state index in [1.807, 2.05) is 0 Å². The molecule has 0 bridgehead atoms. The fourth-order valence-corrected chi connectivity index (χ4v) is 10.4. The molecule has 1 spiro atoms. The quantitative estimate of drug-likeness (QED) is 0.0992. The predicted octanol–water partition coefficient (Wildman–Crippen LogP) is 10.6. The van der Waals surface area contributed by atoms with Gasteiger partial charge in [-0.15, -0.1) is 0 Å². The first kappa shape index (κ1) is 51.8. The molecular weight excluding hydrogens is 1020 g/mol. The summed E-state index contributed by atoms with van der Waals surface area (Å²) in [6.45, 7) is 1.43. The SMILES string of the molecule is OC(c1ccc(C(F)(F)F)cc1)(c1ccc(C(F)(F)F)cc1)c1ccc2c3c1C[N+]1(CCCCC1)Cc1c(C(O)(c4ccc(C(F)(F)F)cc4)c4ccc(C(F)(F)F)cc4)ccc(c1-3)OCCCCO2.[Br-]. The van der Waals surface area contributed by atoms with Crippen LogP contribution in [0, 0.1) is 0 Å². The van der Waals surface area contributed by atoms with Gasteiger partial charge in [0.25, 0.3) is 0 Å². The molecule has 9 rings (SSSR count). The molecule has 6 aromatic rings. The molecule has 0 radical (unpaired) electrons. The third-order valence-electron chi connectivity index (χ3n) is 13.9. The van der Waals surface area contributed by atoms with Crippen molar-refractivity contribution in [1.29, 1.82) is 0 Å².